The molecule has 1 aromatic carbocycles. The molecule has 0 spiro atoms. The normalized spacial score (nSPS) is 10.5. The van der Waals surface area contributed by atoms with Gasteiger partial charge in [-0.1, -0.05) is 6.07 Å². The summed E-state index contributed by atoms with van der Waals surface area (Å²) in [5, 5.41) is 3.41. The molecule has 0 saturated carbocycles. The Bertz CT molecular complexity index is 508. The predicted octanol–water partition coefficient (Wildman–Crippen LogP) is 3.02. The van der Waals surface area contributed by atoms with Crippen LogP contribution in [0.25, 0.3) is 0 Å². The Hall–Kier alpha value is -1.94. The lowest BCUT2D eigenvalue weighted by Crippen LogP contribution is -2.15. The quantitative estimate of drug-likeness (QED) is 0.752. The van der Waals surface area contributed by atoms with E-state index in [0.29, 0.717) is 0 Å². The predicted molar refractivity (Wildman–Crippen MR) is 78.3 cm³/mol. The fraction of sp³-hybridized carbons (Fsp3) is 0.375. The van der Waals surface area contributed by atoms with Gasteiger partial charge in [0.2, 0.25) is 0 Å². The number of methoxy groups -OCH3 is 2. The maximum Gasteiger partial charge on any atom is 0.161 e. The van der Waals surface area contributed by atoms with Gasteiger partial charge in [0, 0.05) is 13.0 Å². The lowest BCUT2D eigenvalue weighted by Gasteiger charge is -2.10. The van der Waals surface area contributed by atoms with E-state index in [1.54, 1.807) is 20.5 Å². The number of furan rings is 1. The molecule has 1 N–H and O–H groups in total. The summed E-state index contributed by atoms with van der Waals surface area (Å²) in [4.78, 5) is 0. The number of hydrogen-bond acceptors (Lipinski definition) is 4. The van der Waals surface area contributed by atoms with E-state index in [9.17, 15) is 0 Å². The smallest absolute Gasteiger partial charge is 0.161 e. The lowest BCUT2D eigenvalue weighted by molar-refractivity contribution is 0.354. The van der Waals surface area contributed by atoms with Crippen molar-refractivity contribution in [3.63, 3.8) is 0 Å². The monoisotopic (exact) mass is 275 g/mol. The molecular formula is C16H21NO3. The van der Waals surface area contributed by atoms with E-state index in [2.05, 4.69) is 5.32 Å². The summed E-state index contributed by atoms with van der Waals surface area (Å²) in [6, 6.07) is 9.90. The molecule has 4 nitrogen and oxygen atoms in total. The number of rotatable bonds is 8. The van der Waals surface area contributed by atoms with Gasteiger partial charge < -0.3 is 19.2 Å². The number of ether oxygens (including phenoxy) is 2. The van der Waals surface area contributed by atoms with Gasteiger partial charge in [-0.05, 0) is 42.8 Å². The lowest BCUT2D eigenvalue weighted by atomic mass is 10.2. The van der Waals surface area contributed by atoms with Crippen molar-refractivity contribution in [3.05, 3.63) is 47.9 Å². The van der Waals surface area contributed by atoms with E-state index in [1.807, 2.05) is 30.3 Å². The number of hydrogen-bond donors (Lipinski definition) is 1. The second-order valence-corrected chi connectivity index (χ2v) is 4.55. The molecule has 1 heterocycles. The van der Waals surface area contributed by atoms with Crippen LogP contribution in [-0.2, 0) is 13.0 Å². The van der Waals surface area contributed by atoms with Crippen molar-refractivity contribution in [1.29, 1.82) is 0 Å². The average molecular weight is 275 g/mol. The molecule has 0 atom stereocenters. The van der Waals surface area contributed by atoms with Crippen LogP contribution in [0.1, 0.15) is 17.7 Å². The van der Waals surface area contributed by atoms with Gasteiger partial charge in [-0.15, -0.1) is 0 Å². The minimum atomic E-state index is 0.758. The van der Waals surface area contributed by atoms with Crippen LogP contribution in [0.2, 0.25) is 0 Å². The summed E-state index contributed by atoms with van der Waals surface area (Å²) >= 11 is 0. The van der Waals surface area contributed by atoms with Crippen LogP contribution in [0.4, 0.5) is 0 Å². The second kappa shape index (κ2) is 7.60. The zero-order valence-corrected chi connectivity index (χ0v) is 12.0. The maximum absolute atomic E-state index is 5.30. The highest BCUT2D eigenvalue weighted by Gasteiger charge is 2.04. The van der Waals surface area contributed by atoms with Crippen molar-refractivity contribution in [3.8, 4) is 11.5 Å². The number of nitrogens with one attached hydrogen (secondary N) is 1. The molecule has 1 aromatic heterocycles. The Labute approximate surface area is 119 Å². The Kier molecular flexibility index (Phi) is 5.50. The van der Waals surface area contributed by atoms with E-state index in [1.165, 1.54) is 5.56 Å². The fourth-order valence-corrected chi connectivity index (χ4v) is 2.07. The SMILES string of the molecule is COc1ccc(CNCCCc2ccco2)cc1OC. The fourth-order valence-electron chi connectivity index (χ4n) is 2.07. The minimum Gasteiger partial charge on any atom is -0.493 e. The van der Waals surface area contributed by atoms with Crippen LogP contribution in [-0.4, -0.2) is 20.8 Å². The molecule has 2 rings (SSSR count). The molecule has 0 unspecified atom stereocenters. The van der Waals surface area contributed by atoms with Gasteiger partial charge in [0.05, 0.1) is 20.5 Å². The molecule has 0 fully saturated rings. The van der Waals surface area contributed by atoms with Gasteiger partial charge in [-0.25, -0.2) is 0 Å². The third kappa shape index (κ3) is 4.03. The van der Waals surface area contributed by atoms with Gasteiger partial charge in [-0.2, -0.15) is 0 Å². The molecule has 0 saturated heterocycles. The first kappa shape index (κ1) is 14.5. The first-order valence-electron chi connectivity index (χ1n) is 6.77. The molecular weight excluding hydrogens is 254 g/mol. The van der Waals surface area contributed by atoms with Gasteiger partial charge in [0.1, 0.15) is 5.76 Å². The average Bonchev–Trinajstić information content (AvgIpc) is 3.00. The topological polar surface area (TPSA) is 43.6 Å². The van der Waals surface area contributed by atoms with E-state index in [-0.39, 0.29) is 0 Å². The molecule has 0 aliphatic rings. The highest BCUT2D eigenvalue weighted by atomic mass is 16.5. The van der Waals surface area contributed by atoms with Gasteiger partial charge in [0.25, 0.3) is 0 Å². The van der Waals surface area contributed by atoms with E-state index in [0.717, 1.165) is 43.2 Å². The molecule has 108 valence electrons. The molecule has 4 heteroatoms. The third-order valence-corrected chi connectivity index (χ3v) is 3.13. The van der Waals surface area contributed by atoms with Gasteiger partial charge in [0.15, 0.2) is 11.5 Å². The molecule has 20 heavy (non-hydrogen) atoms. The Balaban J connectivity index is 1.73. The number of aryl methyl sites for hydroxylation is 1. The summed E-state index contributed by atoms with van der Waals surface area (Å²) in [5.74, 6) is 2.56. The molecule has 0 amide bonds. The summed E-state index contributed by atoms with van der Waals surface area (Å²) in [6.07, 6.45) is 3.74. The van der Waals surface area contributed by atoms with Crippen LogP contribution in [0.5, 0.6) is 11.5 Å². The highest BCUT2D eigenvalue weighted by Crippen LogP contribution is 2.27. The van der Waals surface area contributed by atoms with Crippen molar-refractivity contribution in [1.82, 2.24) is 5.32 Å². The molecule has 0 aliphatic carbocycles. The standard InChI is InChI=1S/C16H21NO3/c1-18-15-8-7-13(11-16(15)19-2)12-17-9-3-5-14-6-4-10-20-14/h4,6-8,10-11,17H,3,5,9,12H2,1-2H3. The summed E-state index contributed by atoms with van der Waals surface area (Å²) in [6.45, 7) is 1.77. The molecule has 2 aromatic rings. The first-order valence-corrected chi connectivity index (χ1v) is 6.77. The minimum absolute atomic E-state index is 0.758. The van der Waals surface area contributed by atoms with Crippen molar-refractivity contribution in [2.75, 3.05) is 20.8 Å². The summed E-state index contributed by atoms with van der Waals surface area (Å²) < 4.78 is 15.8. The Morgan fingerprint density at radius 3 is 2.65 bits per heavy atom. The molecule has 0 radical (unpaired) electrons. The highest BCUT2D eigenvalue weighted by molar-refractivity contribution is 5.42. The van der Waals surface area contributed by atoms with E-state index in [4.69, 9.17) is 13.9 Å². The van der Waals surface area contributed by atoms with E-state index < -0.39 is 0 Å². The van der Waals surface area contributed by atoms with Crippen molar-refractivity contribution in [2.24, 2.45) is 0 Å². The van der Waals surface area contributed by atoms with Crippen LogP contribution < -0.4 is 14.8 Å². The molecule has 0 bridgehead atoms. The molecule has 0 aliphatic heterocycles. The van der Waals surface area contributed by atoms with Crippen molar-refractivity contribution >= 4 is 0 Å². The van der Waals surface area contributed by atoms with Crippen LogP contribution in [0, 0.1) is 0 Å². The second-order valence-electron chi connectivity index (χ2n) is 4.55. The van der Waals surface area contributed by atoms with Gasteiger partial charge in [-0.3, -0.25) is 0 Å². The largest absolute Gasteiger partial charge is 0.493 e. The van der Waals surface area contributed by atoms with Crippen molar-refractivity contribution in [2.45, 2.75) is 19.4 Å². The van der Waals surface area contributed by atoms with E-state index >= 15 is 0 Å². The first-order chi connectivity index (χ1) is 9.83. The third-order valence-electron chi connectivity index (χ3n) is 3.13. The summed E-state index contributed by atoms with van der Waals surface area (Å²) in [5.41, 5.74) is 1.18. The van der Waals surface area contributed by atoms with Crippen LogP contribution in [0.15, 0.2) is 41.0 Å². The summed E-state index contributed by atoms with van der Waals surface area (Å²) in [7, 11) is 3.29. The zero-order valence-electron chi connectivity index (χ0n) is 12.0. The number of benzene rings is 1. The Morgan fingerprint density at radius 2 is 1.95 bits per heavy atom. The Morgan fingerprint density at radius 1 is 1.10 bits per heavy atom. The van der Waals surface area contributed by atoms with Crippen molar-refractivity contribution < 1.29 is 13.9 Å². The maximum atomic E-state index is 5.30. The van der Waals surface area contributed by atoms with Crippen LogP contribution >= 0.6 is 0 Å². The zero-order chi connectivity index (χ0) is 14.2. The van der Waals surface area contributed by atoms with Crippen LogP contribution in [0.3, 0.4) is 0 Å². The van der Waals surface area contributed by atoms with Gasteiger partial charge >= 0.3 is 0 Å².